The summed E-state index contributed by atoms with van der Waals surface area (Å²) in [4.78, 5) is 15.4. The Balaban J connectivity index is 2.09. The highest BCUT2D eigenvalue weighted by molar-refractivity contribution is 5.91. The summed E-state index contributed by atoms with van der Waals surface area (Å²) in [6.07, 6.45) is 1.71. The molecule has 110 valence electrons. The molecular weight excluding hydrogens is 280 g/mol. The number of aromatic carboxylic acids is 1. The highest BCUT2D eigenvalue weighted by Gasteiger charge is 2.17. The van der Waals surface area contributed by atoms with Crippen molar-refractivity contribution in [1.29, 1.82) is 0 Å². The summed E-state index contributed by atoms with van der Waals surface area (Å²) in [5.74, 6) is -0.918. The van der Waals surface area contributed by atoms with Crippen LogP contribution in [0.3, 0.4) is 0 Å². The second-order valence-corrected chi connectivity index (χ2v) is 4.99. The SMILES string of the molecule is Cc1ccc(N=Nc2c(C(=O)O)nc3ccccn23)cc1C. The zero-order chi connectivity index (χ0) is 15.7. The van der Waals surface area contributed by atoms with Crippen molar-refractivity contribution in [3.63, 3.8) is 0 Å². The first-order valence-corrected chi connectivity index (χ1v) is 6.75. The molecule has 2 aromatic heterocycles. The molecule has 0 fully saturated rings. The first-order chi connectivity index (χ1) is 10.6. The van der Waals surface area contributed by atoms with Crippen molar-refractivity contribution in [2.24, 2.45) is 10.2 Å². The molecule has 6 heteroatoms. The molecule has 0 atom stereocenters. The smallest absolute Gasteiger partial charge is 0.358 e. The van der Waals surface area contributed by atoms with Gasteiger partial charge in [0.05, 0.1) is 5.69 Å². The second-order valence-electron chi connectivity index (χ2n) is 4.99. The highest BCUT2D eigenvalue weighted by Crippen LogP contribution is 2.25. The Morgan fingerprint density at radius 2 is 1.95 bits per heavy atom. The summed E-state index contributed by atoms with van der Waals surface area (Å²) >= 11 is 0. The molecule has 0 unspecified atom stereocenters. The van der Waals surface area contributed by atoms with Gasteiger partial charge in [0.25, 0.3) is 0 Å². The summed E-state index contributed by atoms with van der Waals surface area (Å²) in [7, 11) is 0. The van der Waals surface area contributed by atoms with E-state index in [1.807, 2.05) is 32.0 Å². The zero-order valence-electron chi connectivity index (χ0n) is 12.2. The number of azo groups is 1. The van der Waals surface area contributed by atoms with Crippen LogP contribution < -0.4 is 0 Å². The molecule has 0 aliphatic carbocycles. The highest BCUT2D eigenvalue weighted by atomic mass is 16.4. The van der Waals surface area contributed by atoms with Gasteiger partial charge in [0.1, 0.15) is 5.65 Å². The van der Waals surface area contributed by atoms with Crippen LogP contribution in [-0.2, 0) is 0 Å². The van der Waals surface area contributed by atoms with E-state index < -0.39 is 5.97 Å². The third-order valence-electron chi connectivity index (χ3n) is 3.46. The van der Waals surface area contributed by atoms with Gasteiger partial charge in [-0.2, -0.15) is 0 Å². The Bertz CT molecular complexity index is 896. The summed E-state index contributed by atoms with van der Waals surface area (Å²) in [5, 5.41) is 17.5. The molecule has 0 spiro atoms. The molecule has 0 aliphatic heterocycles. The number of fused-ring (bicyclic) bond motifs is 1. The number of nitrogens with zero attached hydrogens (tertiary/aromatic N) is 4. The Hall–Kier alpha value is -3.02. The normalized spacial score (nSPS) is 11.4. The van der Waals surface area contributed by atoms with Crippen LogP contribution in [0.1, 0.15) is 21.6 Å². The van der Waals surface area contributed by atoms with Crippen LogP contribution in [0.2, 0.25) is 0 Å². The van der Waals surface area contributed by atoms with Gasteiger partial charge in [0, 0.05) is 6.20 Å². The third kappa shape index (κ3) is 2.46. The van der Waals surface area contributed by atoms with Gasteiger partial charge in [0.15, 0.2) is 11.5 Å². The van der Waals surface area contributed by atoms with Crippen molar-refractivity contribution >= 4 is 23.1 Å². The van der Waals surface area contributed by atoms with Gasteiger partial charge in [-0.25, -0.2) is 9.78 Å². The zero-order valence-corrected chi connectivity index (χ0v) is 12.2. The Morgan fingerprint density at radius 1 is 1.14 bits per heavy atom. The summed E-state index contributed by atoms with van der Waals surface area (Å²) in [6, 6.07) is 11.0. The number of carboxylic acid groups (broad SMARTS) is 1. The van der Waals surface area contributed by atoms with Gasteiger partial charge in [0.2, 0.25) is 0 Å². The van der Waals surface area contributed by atoms with Crippen molar-refractivity contribution in [3.8, 4) is 0 Å². The van der Waals surface area contributed by atoms with Gasteiger partial charge in [-0.05, 0) is 49.2 Å². The molecule has 22 heavy (non-hydrogen) atoms. The molecule has 2 heterocycles. The van der Waals surface area contributed by atoms with E-state index in [-0.39, 0.29) is 11.5 Å². The molecule has 1 N–H and O–H groups in total. The quantitative estimate of drug-likeness (QED) is 0.739. The molecule has 3 aromatic rings. The first-order valence-electron chi connectivity index (χ1n) is 6.75. The predicted octanol–water partition coefficient (Wildman–Crippen LogP) is 4.06. The van der Waals surface area contributed by atoms with E-state index in [2.05, 4.69) is 15.2 Å². The van der Waals surface area contributed by atoms with E-state index in [1.165, 1.54) is 5.56 Å². The molecule has 0 aliphatic rings. The Kier molecular flexibility index (Phi) is 3.42. The summed E-state index contributed by atoms with van der Waals surface area (Å²) < 4.78 is 1.61. The molecular formula is C16H14N4O2. The van der Waals surface area contributed by atoms with E-state index in [0.29, 0.717) is 11.3 Å². The van der Waals surface area contributed by atoms with Crippen LogP contribution in [-0.4, -0.2) is 20.5 Å². The average Bonchev–Trinajstić information content (AvgIpc) is 2.87. The van der Waals surface area contributed by atoms with Gasteiger partial charge < -0.3 is 5.11 Å². The largest absolute Gasteiger partial charge is 0.476 e. The number of rotatable bonds is 3. The standard InChI is InChI=1S/C16H14N4O2/c1-10-6-7-12(9-11(10)2)18-19-15-14(16(21)22)17-13-5-3-4-8-20(13)15/h3-9H,1-2H3,(H,21,22). The summed E-state index contributed by atoms with van der Waals surface area (Å²) in [6.45, 7) is 4.01. The average molecular weight is 294 g/mol. The van der Waals surface area contributed by atoms with Gasteiger partial charge in [-0.3, -0.25) is 4.40 Å². The van der Waals surface area contributed by atoms with Gasteiger partial charge in [-0.1, -0.05) is 12.1 Å². The fourth-order valence-corrected chi connectivity index (χ4v) is 2.11. The lowest BCUT2D eigenvalue weighted by molar-refractivity contribution is 0.0692. The lowest BCUT2D eigenvalue weighted by Crippen LogP contribution is -1.96. The van der Waals surface area contributed by atoms with Gasteiger partial charge in [-0.15, -0.1) is 10.2 Å². The number of aromatic nitrogens is 2. The molecule has 0 radical (unpaired) electrons. The predicted molar refractivity (Wildman–Crippen MR) is 82.2 cm³/mol. The monoisotopic (exact) mass is 294 g/mol. The van der Waals surface area contributed by atoms with Crippen LogP contribution in [0, 0.1) is 13.8 Å². The third-order valence-corrected chi connectivity index (χ3v) is 3.46. The van der Waals surface area contributed by atoms with E-state index in [9.17, 15) is 9.90 Å². The number of pyridine rings is 1. The lowest BCUT2D eigenvalue weighted by atomic mass is 10.1. The van der Waals surface area contributed by atoms with E-state index in [4.69, 9.17) is 0 Å². The molecule has 0 saturated carbocycles. The number of carboxylic acids is 1. The van der Waals surface area contributed by atoms with Crippen molar-refractivity contribution in [2.45, 2.75) is 13.8 Å². The van der Waals surface area contributed by atoms with Crippen molar-refractivity contribution in [2.75, 3.05) is 0 Å². The number of hydrogen-bond donors (Lipinski definition) is 1. The van der Waals surface area contributed by atoms with Crippen molar-refractivity contribution in [3.05, 3.63) is 59.4 Å². The number of imidazole rings is 1. The molecule has 1 aromatic carbocycles. The number of benzene rings is 1. The van der Waals surface area contributed by atoms with Crippen LogP contribution in [0.4, 0.5) is 11.5 Å². The van der Waals surface area contributed by atoms with Crippen LogP contribution in [0.25, 0.3) is 5.65 Å². The lowest BCUT2D eigenvalue weighted by Gasteiger charge is -2.00. The molecule has 0 bridgehead atoms. The second kappa shape index (κ2) is 5.40. The number of carbonyl (C=O) groups is 1. The Labute approximate surface area is 126 Å². The molecule has 6 nitrogen and oxygen atoms in total. The van der Waals surface area contributed by atoms with Crippen molar-refractivity contribution < 1.29 is 9.90 Å². The molecule has 3 rings (SSSR count). The van der Waals surface area contributed by atoms with E-state index in [1.54, 1.807) is 28.8 Å². The summed E-state index contributed by atoms with van der Waals surface area (Å²) in [5.41, 5.74) is 3.35. The van der Waals surface area contributed by atoms with Crippen LogP contribution >= 0.6 is 0 Å². The van der Waals surface area contributed by atoms with Crippen LogP contribution in [0.15, 0.2) is 52.8 Å². The minimum absolute atomic E-state index is 0.112. The fourth-order valence-electron chi connectivity index (χ4n) is 2.11. The minimum atomic E-state index is -1.13. The van der Waals surface area contributed by atoms with E-state index >= 15 is 0 Å². The van der Waals surface area contributed by atoms with Crippen LogP contribution in [0.5, 0.6) is 0 Å². The number of aryl methyl sites for hydroxylation is 2. The van der Waals surface area contributed by atoms with Crippen molar-refractivity contribution in [1.82, 2.24) is 9.38 Å². The maximum atomic E-state index is 11.3. The maximum absolute atomic E-state index is 11.3. The first kappa shape index (κ1) is 13.9. The topological polar surface area (TPSA) is 79.3 Å². The van der Waals surface area contributed by atoms with E-state index in [0.717, 1.165) is 5.56 Å². The molecule has 0 amide bonds. The fraction of sp³-hybridized carbons (Fsp3) is 0.125. The molecule has 0 saturated heterocycles. The maximum Gasteiger partial charge on any atom is 0.358 e. The minimum Gasteiger partial charge on any atom is -0.476 e. The number of hydrogen-bond acceptors (Lipinski definition) is 4. The van der Waals surface area contributed by atoms with Gasteiger partial charge >= 0.3 is 5.97 Å². The Morgan fingerprint density at radius 3 is 2.68 bits per heavy atom.